The highest BCUT2D eigenvalue weighted by Gasteiger charge is 2.23. The first-order valence-corrected chi connectivity index (χ1v) is 5.64. The molecule has 0 saturated carbocycles. The lowest BCUT2D eigenvalue weighted by atomic mass is 9.99. The van der Waals surface area contributed by atoms with Gasteiger partial charge in [0, 0.05) is 30.3 Å². The lowest BCUT2D eigenvalue weighted by Gasteiger charge is -2.18. The highest BCUT2D eigenvalue weighted by Crippen LogP contribution is 2.23. The fraction of sp³-hybridized carbons (Fsp3) is 0.500. The number of hydrogen-bond donors (Lipinski definition) is 0. The summed E-state index contributed by atoms with van der Waals surface area (Å²) in [5.74, 6) is 3.47. The summed E-state index contributed by atoms with van der Waals surface area (Å²) in [7, 11) is 0. The summed E-state index contributed by atoms with van der Waals surface area (Å²) in [4.78, 5) is 11.5. The Labute approximate surface area is 81.7 Å². The highest BCUT2D eigenvalue weighted by molar-refractivity contribution is 7.99. The standard InChI is InChI=1S/C10H12O2S/c11-10-3-5-13-7-8(10)6-9-2-1-4-12-9/h1-2,4,8H,3,5-7H2. The predicted molar refractivity (Wildman–Crippen MR) is 52.9 cm³/mol. The molecule has 1 aliphatic heterocycles. The number of furan rings is 1. The fourth-order valence-electron chi connectivity index (χ4n) is 1.54. The third-order valence-corrected chi connectivity index (χ3v) is 3.43. The number of rotatable bonds is 2. The Morgan fingerprint density at radius 2 is 2.54 bits per heavy atom. The van der Waals surface area contributed by atoms with E-state index in [0.29, 0.717) is 5.78 Å². The Morgan fingerprint density at radius 3 is 3.23 bits per heavy atom. The molecule has 0 spiro atoms. The molecule has 1 saturated heterocycles. The normalized spacial score (nSPS) is 23.4. The molecule has 3 heteroatoms. The number of Topliss-reactive ketones (excluding diaryl/α,β-unsaturated/α-hetero) is 1. The predicted octanol–water partition coefficient (Wildman–Crippen LogP) is 2.14. The van der Waals surface area contributed by atoms with Gasteiger partial charge in [0.1, 0.15) is 11.5 Å². The molecule has 0 amide bonds. The molecule has 70 valence electrons. The van der Waals surface area contributed by atoms with E-state index >= 15 is 0 Å². The molecule has 1 aromatic heterocycles. The number of hydrogen-bond acceptors (Lipinski definition) is 3. The Bertz CT molecular complexity index is 279. The average Bonchev–Trinajstić information content (AvgIpc) is 2.61. The van der Waals surface area contributed by atoms with E-state index in [9.17, 15) is 4.79 Å². The van der Waals surface area contributed by atoms with Gasteiger partial charge in [-0.2, -0.15) is 11.8 Å². The Balaban J connectivity index is 1.97. The van der Waals surface area contributed by atoms with Gasteiger partial charge in [0.05, 0.1) is 6.26 Å². The van der Waals surface area contributed by atoms with Gasteiger partial charge in [-0.3, -0.25) is 4.79 Å². The number of carbonyl (C=O) groups excluding carboxylic acids is 1. The minimum atomic E-state index is 0.185. The number of thioether (sulfide) groups is 1. The average molecular weight is 196 g/mol. The summed E-state index contributed by atoms with van der Waals surface area (Å²) >= 11 is 1.87. The summed E-state index contributed by atoms with van der Waals surface area (Å²) in [6.07, 6.45) is 3.17. The quantitative estimate of drug-likeness (QED) is 0.726. The van der Waals surface area contributed by atoms with Crippen LogP contribution in [-0.4, -0.2) is 17.3 Å². The second-order valence-corrected chi connectivity index (χ2v) is 4.42. The number of carbonyl (C=O) groups is 1. The molecule has 0 aliphatic carbocycles. The molecule has 1 aliphatic rings. The van der Waals surface area contributed by atoms with E-state index in [0.717, 1.165) is 30.1 Å². The molecule has 0 bridgehead atoms. The van der Waals surface area contributed by atoms with Crippen LogP contribution in [0.15, 0.2) is 22.8 Å². The maximum Gasteiger partial charge on any atom is 0.138 e. The second kappa shape index (κ2) is 4.01. The van der Waals surface area contributed by atoms with Crippen molar-refractivity contribution in [2.75, 3.05) is 11.5 Å². The second-order valence-electron chi connectivity index (χ2n) is 3.27. The van der Waals surface area contributed by atoms with Crippen LogP contribution in [0.4, 0.5) is 0 Å². The first-order chi connectivity index (χ1) is 6.36. The highest BCUT2D eigenvalue weighted by atomic mass is 32.2. The zero-order chi connectivity index (χ0) is 9.10. The van der Waals surface area contributed by atoms with Crippen molar-refractivity contribution < 1.29 is 9.21 Å². The summed E-state index contributed by atoms with van der Waals surface area (Å²) in [5, 5.41) is 0. The van der Waals surface area contributed by atoms with Gasteiger partial charge in [0.15, 0.2) is 0 Å². The summed E-state index contributed by atoms with van der Waals surface area (Å²) < 4.78 is 5.22. The lowest BCUT2D eigenvalue weighted by Crippen LogP contribution is -2.24. The minimum Gasteiger partial charge on any atom is -0.469 e. The molecular weight excluding hydrogens is 184 g/mol. The van der Waals surface area contributed by atoms with Crippen molar-refractivity contribution in [1.82, 2.24) is 0 Å². The molecule has 0 N–H and O–H groups in total. The van der Waals surface area contributed by atoms with E-state index in [2.05, 4.69) is 0 Å². The molecule has 1 unspecified atom stereocenters. The van der Waals surface area contributed by atoms with E-state index in [1.807, 2.05) is 23.9 Å². The molecular formula is C10H12O2S. The van der Waals surface area contributed by atoms with Gasteiger partial charge in [0.25, 0.3) is 0 Å². The van der Waals surface area contributed by atoms with Crippen LogP contribution in [0.1, 0.15) is 12.2 Å². The van der Waals surface area contributed by atoms with Crippen molar-refractivity contribution in [3.05, 3.63) is 24.2 Å². The van der Waals surface area contributed by atoms with Crippen molar-refractivity contribution >= 4 is 17.5 Å². The SMILES string of the molecule is O=C1CCSCC1Cc1ccco1. The zero-order valence-corrected chi connectivity index (χ0v) is 8.18. The molecule has 13 heavy (non-hydrogen) atoms. The van der Waals surface area contributed by atoms with E-state index < -0.39 is 0 Å². The number of ketones is 1. The van der Waals surface area contributed by atoms with Crippen molar-refractivity contribution in [2.45, 2.75) is 12.8 Å². The minimum absolute atomic E-state index is 0.185. The van der Waals surface area contributed by atoms with Crippen molar-refractivity contribution in [3.63, 3.8) is 0 Å². The van der Waals surface area contributed by atoms with Crippen LogP contribution in [0.25, 0.3) is 0 Å². The largest absolute Gasteiger partial charge is 0.469 e. The Hall–Kier alpha value is -0.700. The first kappa shape index (κ1) is 8.88. The van der Waals surface area contributed by atoms with E-state index in [1.165, 1.54) is 0 Å². The monoisotopic (exact) mass is 196 g/mol. The van der Waals surface area contributed by atoms with Crippen LogP contribution in [0.2, 0.25) is 0 Å². The van der Waals surface area contributed by atoms with Crippen molar-refractivity contribution in [3.8, 4) is 0 Å². The van der Waals surface area contributed by atoms with Crippen molar-refractivity contribution in [2.24, 2.45) is 5.92 Å². The molecule has 0 aromatic carbocycles. The maximum atomic E-state index is 11.5. The van der Waals surface area contributed by atoms with E-state index in [-0.39, 0.29) is 5.92 Å². The van der Waals surface area contributed by atoms with Crippen LogP contribution < -0.4 is 0 Å². The van der Waals surface area contributed by atoms with Gasteiger partial charge in [0.2, 0.25) is 0 Å². The maximum absolute atomic E-state index is 11.5. The van der Waals surface area contributed by atoms with Gasteiger partial charge in [-0.05, 0) is 12.1 Å². The molecule has 2 rings (SSSR count). The Morgan fingerprint density at radius 1 is 1.62 bits per heavy atom. The molecule has 1 aromatic rings. The van der Waals surface area contributed by atoms with Gasteiger partial charge in [-0.15, -0.1) is 0 Å². The molecule has 1 fully saturated rings. The summed E-state index contributed by atoms with van der Waals surface area (Å²) in [6, 6.07) is 3.81. The third kappa shape index (κ3) is 2.15. The van der Waals surface area contributed by atoms with Crippen LogP contribution >= 0.6 is 11.8 Å². The van der Waals surface area contributed by atoms with Gasteiger partial charge in [-0.25, -0.2) is 0 Å². The third-order valence-electron chi connectivity index (χ3n) is 2.29. The zero-order valence-electron chi connectivity index (χ0n) is 7.36. The van der Waals surface area contributed by atoms with E-state index in [4.69, 9.17) is 4.42 Å². The van der Waals surface area contributed by atoms with Crippen LogP contribution in [0.3, 0.4) is 0 Å². The van der Waals surface area contributed by atoms with Gasteiger partial charge in [-0.1, -0.05) is 0 Å². The summed E-state index contributed by atoms with van der Waals surface area (Å²) in [6.45, 7) is 0. The van der Waals surface area contributed by atoms with Gasteiger partial charge < -0.3 is 4.42 Å². The molecule has 0 radical (unpaired) electrons. The summed E-state index contributed by atoms with van der Waals surface area (Å²) in [5.41, 5.74) is 0. The topological polar surface area (TPSA) is 30.2 Å². The molecule has 1 atom stereocenters. The van der Waals surface area contributed by atoms with Gasteiger partial charge >= 0.3 is 0 Å². The smallest absolute Gasteiger partial charge is 0.138 e. The van der Waals surface area contributed by atoms with E-state index in [1.54, 1.807) is 6.26 Å². The molecule has 2 heterocycles. The fourth-order valence-corrected chi connectivity index (χ4v) is 2.64. The first-order valence-electron chi connectivity index (χ1n) is 4.49. The molecule has 2 nitrogen and oxygen atoms in total. The Kier molecular flexibility index (Phi) is 2.74. The van der Waals surface area contributed by atoms with Crippen molar-refractivity contribution in [1.29, 1.82) is 0 Å². The van der Waals surface area contributed by atoms with Crippen LogP contribution in [-0.2, 0) is 11.2 Å². The van der Waals surface area contributed by atoms with Crippen LogP contribution in [0, 0.1) is 5.92 Å². The lowest BCUT2D eigenvalue weighted by molar-refractivity contribution is -0.122. The van der Waals surface area contributed by atoms with Crippen LogP contribution in [0.5, 0.6) is 0 Å².